The number of aromatic carboxylic acids is 1. The van der Waals surface area contributed by atoms with Crippen molar-refractivity contribution >= 4 is 17.3 Å². The minimum Gasteiger partial charge on any atom is -0.478 e. The molecule has 1 aromatic rings. The summed E-state index contributed by atoms with van der Waals surface area (Å²) >= 11 is 0. The Bertz CT molecular complexity index is 510. The van der Waals surface area contributed by atoms with E-state index >= 15 is 0 Å². The van der Waals surface area contributed by atoms with Gasteiger partial charge in [-0.1, -0.05) is 0 Å². The van der Waals surface area contributed by atoms with Gasteiger partial charge < -0.3 is 15.5 Å². The molecule has 1 fully saturated rings. The maximum Gasteiger partial charge on any atom is 0.335 e. The molecule has 1 aromatic carbocycles. The molecule has 1 aliphatic rings. The normalized spacial score (nSPS) is 16.1. The van der Waals surface area contributed by atoms with Gasteiger partial charge in [-0.05, 0) is 25.0 Å². The molecule has 0 aliphatic heterocycles. The van der Waals surface area contributed by atoms with Gasteiger partial charge in [-0.2, -0.15) is 0 Å². The number of carboxylic acids is 1. The Morgan fingerprint density at radius 1 is 1.50 bits per heavy atom. The summed E-state index contributed by atoms with van der Waals surface area (Å²) in [6, 6.07) is 3.56. The van der Waals surface area contributed by atoms with Gasteiger partial charge in [-0.25, -0.2) is 4.79 Å². The SMILES string of the molecule is O=C(O)c1ccc([N+](=O)[O-])c(NC2(CO)CC2)c1. The van der Waals surface area contributed by atoms with Gasteiger partial charge >= 0.3 is 5.97 Å². The fourth-order valence-electron chi connectivity index (χ4n) is 1.69. The minimum absolute atomic E-state index is 0.0307. The summed E-state index contributed by atoms with van der Waals surface area (Å²) in [4.78, 5) is 21.1. The van der Waals surface area contributed by atoms with Crippen LogP contribution < -0.4 is 5.32 Å². The predicted octanol–water partition coefficient (Wildman–Crippen LogP) is 1.23. The average molecular weight is 252 g/mol. The highest BCUT2D eigenvalue weighted by atomic mass is 16.6. The van der Waals surface area contributed by atoms with Gasteiger partial charge in [0.25, 0.3) is 5.69 Å². The third-order valence-corrected chi connectivity index (χ3v) is 3.00. The van der Waals surface area contributed by atoms with Crippen LogP contribution in [0.3, 0.4) is 0 Å². The third-order valence-electron chi connectivity index (χ3n) is 3.00. The molecule has 0 amide bonds. The minimum atomic E-state index is -1.15. The molecule has 0 saturated heterocycles. The Hall–Kier alpha value is -2.15. The summed E-state index contributed by atoms with van der Waals surface area (Å²) < 4.78 is 0. The Kier molecular flexibility index (Phi) is 2.92. The first kappa shape index (κ1) is 12.3. The molecule has 0 aromatic heterocycles. The van der Waals surface area contributed by atoms with E-state index in [1.165, 1.54) is 12.1 Å². The highest BCUT2D eigenvalue weighted by Gasteiger charge is 2.43. The molecule has 2 rings (SSSR count). The van der Waals surface area contributed by atoms with Gasteiger partial charge in [0, 0.05) is 6.07 Å². The fraction of sp³-hybridized carbons (Fsp3) is 0.364. The summed E-state index contributed by atoms with van der Waals surface area (Å²) in [6.45, 7) is -0.137. The van der Waals surface area contributed by atoms with Gasteiger partial charge in [0.1, 0.15) is 5.69 Å². The van der Waals surface area contributed by atoms with Gasteiger partial charge in [0.05, 0.1) is 22.6 Å². The van der Waals surface area contributed by atoms with Crippen molar-refractivity contribution in [3.63, 3.8) is 0 Å². The van der Waals surface area contributed by atoms with Crippen LogP contribution in [0.4, 0.5) is 11.4 Å². The van der Waals surface area contributed by atoms with Crippen LogP contribution in [0.5, 0.6) is 0 Å². The maximum atomic E-state index is 10.9. The van der Waals surface area contributed by atoms with Crippen LogP contribution in [0.1, 0.15) is 23.2 Å². The number of benzene rings is 1. The second-order valence-corrected chi connectivity index (χ2v) is 4.36. The molecule has 1 aliphatic carbocycles. The van der Waals surface area contributed by atoms with Crippen molar-refractivity contribution in [2.24, 2.45) is 0 Å². The predicted molar refractivity (Wildman–Crippen MR) is 62.7 cm³/mol. The zero-order chi connectivity index (χ0) is 13.3. The molecule has 0 bridgehead atoms. The van der Waals surface area contributed by atoms with Gasteiger partial charge in [-0.3, -0.25) is 10.1 Å². The second kappa shape index (κ2) is 4.26. The van der Waals surface area contributed by atoms with Crippen molar-refractivity contribution in [1.82, 2.24) is 0 Å². The molecule has 7 nitrogen and oxygen atoms in total. The van der Waals surface area contributed by atoms with Crippen LogP contribution in [0, 0.1) is 10.1 Å². The highest BCUT2D eigenvalue weighted by molar-refractivity contribution is 5.90. The molecular weight excluding hydrogens is 240 g/mol. The van der Waals surface area contributed by atoms with E-state index in [1.54, 1.807) is 0 Å². The molecule has 3 N–H and O–H groups in total. The lowest BCUT2D eigenvalue weighted by Crippen LogP contribution is -2.26. The molecule has 7 heteroatoms. The van der Waals surface area contributed by atoms with E-state index in [-0.39, 0.29) is 23.5 Å². The lowest BCUT2D eigenvalue weighted by atomic mass is 10.1. The van der Waals surface area contributed by atoms with Gasteiger partial charge in [0.15, 0.2) is 0 Å². The molecule has 0 spiro atoms. The van der Waals surface area contributed by atoms with E-state index in [2.05, 4.69) is 5.32 Å². The number of hydrogen-bond donors (Lipinski definition) is 3. The van der Waals surface area contributed by atoms with E-state index in [1.807, 2.05) is 0 Å². The molecule has 96 valence electrons. The number of aliphatic hydroxyl groups is 1. The summed E-state index contributed by atoms with van der Waals surface area (Å²) in [5, 5.41) is 31.8. The lowest BCUT2D eigenvalue weighted by Gasteiger charge is -2.16. The van der Waals surface area contributed by atoms with E-state index in [0.29, 0.717) is 12.8 Å². The van der Waals surface area contributed by atoms with E-state index in [9.17, 15) is 20.0 Å². The van der Waals surface area contributed by atoms with Crippen molar-refractivity contribution in [2.75, 3.05) is 11.9 Å². The van der Waals surface area contributed by atoms with Crippen LogP contribution in [0.25, 0.3) is 0 Å². The van der Waals surface area contributed by atoms with Crippen LogP contribution in [-0.2, 0) is 0 Å². The van der Waals surface area contributed by atoms with Crippen molar-refractivity contribution < 1.29 is 19.9 Å². The number of anilines is 1. The van der Waals surface area contributed by atoms with Crippen molar-refractivity contribution in [1.29, 1.82) is 0 Å². The smallest absolute Gasteiger partial charge is 0.335 e. The lowest BCUT2D eigenvalue weighted by molar-refractivity contribution is -0.384. The summed E-state index contributed by atoms with van der Waals surface area (Å²) in [5.74, 6) is -1.15. The quantitative estimate of drug-likeness (QED) is 0.536. The number of nitro groups is 1. The number of nitro benzene ring substituents is 1. The molecule has 0 heterocycles. The Labute approximate surface area is 102 Å². The molecule has 0 radical (unpaired) electrons. The average Bonchev–Trinajstić information content (AvgIpc) is 3.09. The van der Waals surface area contributed by atoms with Crippen molar-refractivity contribution in [3.8, 4) is 0 Å². The van der Waals surface area contributed by atoms with E-state index < -0.39 is 16.4 Å². The largest absolute Gasteiger partial charge is 0.478 e. The van der Waals surface area contributed by atoms with Gasteiger partial charge in [0.2, 0.25) is 0 Å². The molecule has 1 saturated carbocycles. The standard InChI is InChI=1S/C11H12N2O5/c14-6-11(3-4-11)12-8-5-7(10(15)16)1-2-9(8)13(17)18/h1-2,5,12,14H,3-4,6H2,(H,15,16). The maximum absolute atomic E-state index is 10.9. The topological polar surface area (TPSA) is 113 Å². The fourth-order valence-corrected chi connectivity index (χ4v) is 1.69. The van der Waals surface area contributed by atoms with Crippen molar-refractivity contribution in [2.45, 2.75) is 18.4 Å². The molecule has 0 unspecified atom stereocenters. The second-order valence-electron chi connectivity index (χ2n) is 4.36. The first-order chi connectivity index (χ1) is 8.47. The monoisotopic (exact) mass is 252 g/mol. The number of carbonyl (C=O) groups is 1. The number of nitrogens with zero attached hydrogens (tertiary/aromatic N) is 1. The third kappa shape index (κ3) is 2.25. The Balaban J connectivity index is 2.37. The molecule has 18 heavy (non-hydrogen) atoms. The number of nitrogens with one attached hydrogen (secondary N) is 1. The van der Waals surface area contributed by atoms with Crippen LogP contribution in [0.2, 0.25) is 0 Å². The number of carboxylic acid groups (broad SMARTS) is 1. The van der Waals surface area contributed by atoms with Gasteiger partial charge in [-0.15, -0.1) is 0 Å². The summed E-state index contributed by atoms with van der Waals surface area (Å²) in [5.41, 5.74) is -0.634. The first-order valence-electron chi connectivity index (χ1n) is 5.38. The highest BCUT2D eigenvalue weighted by Crippen LogP contribution is 2.40. The zero-order valence-corrected chi connectivity index (χ0v) is 9.42. The zero-order valence-electron chi connectivity index (χ0n) is 9.42. The Morgan fingerprint density at radius 2 is 2.17 bits per heavy atom. The van der Waals surface area contributed by atoms with E-state index in [4.69, 9.17) is 5.11 Å². The van der Waals surface area contributed by atoms with Crippen LogP contribution >= 0.6 is 0 Å². The first-order valence-corrected chi connectivity index (χ1v) is 5.38. The number of hydrogen-bond acceptors (Lipinski definition) is 5. The summed E-state index contributed by atoms with van der Waals surface area (Å²) in [6.07, 6.45) is 1.41. The van der Waals surface area contributed by atoms with Crippen molar-refractivity contribution in [3.05, 3.63) is 33.9 Å². The van der Waals surface area contributed by atoms with E-state index in [0.717, 1.165) is 6.07 Å². The number of aliphatic hydroxyl groups excluding tert-OH is 1. The summed E-state index contributed by atoms with van der Waals surface area (Å²) in [7, 11) is 0. The molecular formula is C11H12N2O5. The van der Waals surface area contributed by atoms with Crippen LogP contribution in [-0.4, -0.2) is 33.3 Å². The molecule has 0 atom stereocenters. The van der Waals surface area contributed by atoms with Crippen LogP contribution in [0.15, 0.2) is 18.2 Å². The Morgan fingerprint density at radius 3 is 2.61 bits per heavy atom. The number of rotatable bonds is 5.